The van der Waals surface area contributed by atoms with E-state index in [1.54, 1.807) is 24.3 Å². The monoisotopic (exact) mass is 460 g/mol. The molecule has 3 aromatic rings. The Morgan fingerprint density at radius 1 is 1.12 bits per heavy atom. The summed E-state index contributed by atoms with van der Waals surface area (Å²) in [4.78, 5) is 29.8. The van der Waals surface area contributed by atoms with Gasteiger partial charge in [-0.2, -0.15) is 18.2 Å². The van der Waals surface area contributed by atoms with E-state index < -0.39 is 23.7 Å². The van der Waals surface area contributed by atoms with E-state index >= 15 is 0 Å². The minimum atomic E-state index is -4.43. The Bertz CT molecular complexity index is 1140. The van der Waals surface area contributed by atoms with Gasteiger partial charge in [-0.15, -0.1) is 0 Å². The Morgan fingerprint density at radius 3 is 2.45 bits per heavy atom. The summed E-state index contributed by atoms with van der Waals surface area (Å²) in [6.07, 6.45) is -3.15. The lowest BCUT2D eigenvalue weighted by atomic mass is 10.1. The van der Waals surface area contributed by atoms with Crippen LogP contribution >= 0.6 is 0 Å². The molecular weight excluding hydrogens is 441 g/mol. The fraction of sp³-hybridized carbons (Fsp3) is 0.273. The topological polar surface area (TPSA) is 112 Å². The number of alkyl halides is 3. The molecule has 1 aliphatic rings. The van der Waals surface area contributed by atoms with Crippen LogP contribution < -0.4 is 10.5 Å². The van der Waals surface area contributed by atoms with Crippen LogP contribution in [0.2, 0.25) is 0 Å². The Labute approximate surface area is 186 Å². The molecule has 0 unspecified atom stereocenters. The molecule has 1 aromatic heterocycles. The fourth-order valence-corrected chi connectivity index (χ4v) is 3.54. The van der Waals surface area contributed by atoms with Crippen molar-refractivity contribution < 1.29 is 32.0 Å². The highest BCUT2D eigenvalue weighted by Gasteiger charge is 2.33. The number of primary amides is 1. The molecule has 11 heteroatoms. The van der Waals surface area contributed by atoms with Gasteiger partial charge in [0.15, 0.2) is 6.61 Å². The number of ether oxygens (including phenoxy) is 1. The minimum absolute atomic E-state index is 0.0483. The van der Waals surface area contributed by atoms with Gasteiger partial charge in [0.1, 0.15) is 11.8 Å². The van der Waals surface area contributed by atoms with Crippen LogP contribution in [0.3, 0.4) is 0 Å². The average Bonchev–Trinajstić information content (AvgIpc) is 3.47. The zero-order valence-corrected chi connectivity index (χ0v) is 17.2. The lowest BCUT2D eigenvalue weighted by Gasteiger charge is -2.22. The van der Waals surface area contributed by atoms with Crippen molar-refractivity contribution in [2.24, 2.45) is 5.73 Å². The molecule has 1 aliphatic heterocycles. The van der Waals surface area contributed by atoms with Gasteiger partial charge in [0.25, 0.3) is 11.8 Å². The second kappa shape index (κ2) is 8.93. The van der Waals surface area contributed by atoms with E-state index in [2.05, 4.69) is 10.1 Å². The largest absolute Gasteiger partial charge is 0.485 e. The maximum atomic E-state index is 12.7. The number of nitrogens with two attached hydrogens (primary N) is 1. The molecule has 0 saturated carbocycles. The van der Waals surface area contributed by atoms with Crippen LogP contribution in [0.15, 0.2) is 53.1 Å². The van der Waals surface area contributed by atoms with Crippen LogP contribution in [-0.4, -0.2) is 39.4 Å². The molecule has 2 aromatic carbocycles. The van der Waals surface area contributed by atoms with Crippen LogP contribution in [0.25, 0.3) is 11.5 Å². The molecule has 0 spiro atoms. The molecule has 1 atom stereocenters. The van der Waals surface area contributed by atoms with Gasteiger partial charge in [-0.3, -0.25) is 9.59 Å². The van der Waals surface area contributed by atoms with Gasteiger partial charge in [-0.05, 0) is 61.4 Å². The van der Waals surface area contributed by atoms with E-state index in [4.69, 9.17) is 15.0 Å². The maximum Gasteiger partial charge on any atom is 0.416 e. The van der Waals surface area contributed by atoms with Gasteiger partial charge >= 0.3 is 6.18 Å². The van der Waals surface area contributed by atoms with Gasteiger partial charge in [-0.25, -0.2) is 0 Å². The standard InChI is InChI=1S/C22H19F3N4O4/c23-22(24,25)15-7-3-13(4-8-15)20-27-18(28-33-20)12-32-16-9-5-14(6-10-16)21(31)29-11-1-2-17(29)19(26)30/h3-10,17H,1-2,11-12H2,(H2,26,30)/t17-/m0/s1. The number of benzene rings is 2. The molecule has 0 bridgehead atoms. The van der Waals surface area contributed by atoms with Crippen LogP contribution in [0.5, 0.6) is 5.75 Å². The number of likely N-dealkylation sites (tertiary alicyclic amines) is 1. The first-order valence-electron chi connectivity index (χ1n) is 10.1. The number of nitrogens with zero attached hydrogens (tertiary/aromatic N) is 3. The van der Waals surface area contributed by atoms with E-state index in [9.17, 15) is 22.8 Å². The van der Waals surface area contributed by atoms with E-state index in [0.717, 1.165) is 18.6 Å². The van der Waals surface area contributed by atoms with Crippen molar-refractivity contribution >= 4 is 11.8 Å². The third-order valence-corrected chi connectivity index (χ3v) is 5.24. The molecule has 33 heavy (non-hydrogen) atoms. The zero-order chi connectivity index (χ0) is 23.6. The summed E-state index contributed by atoms with van der Waals surface area (Å²) in [5, 5.41) is 3.76. The fourth-order valence-electron chi connectivity index (χ4n) is 3.54. The first-order chi connectivity index (χ1) is 15.7. The molecule has 2 N–H and O–H groups in total. The summed E-state index contributed by atoms with van der Waals surface area (Å²) < 4.78 is 48.7. The third kappa shape index (κ3) is 4.97. The Hall–Kier alpha value is -3.89. The number of aromatic nitrogens is 2. The lowest BCUT2D eigenvalue weighted by molar-refractivity contribution is -0.137. The van der Waals surface area contributed by atoms with Crippen LogP contribution in [0, 0.1) is 0 Å². The van der Waals surface area contributed by atoms with Crippen LogP contribution in [-0.2, 0) is 17.6 Å². The molecule has 2 amide bonds. The molecule has 4 rings (SSSR count). The van der Waals surface area contributed by atoms with E-state index in [1.165, 1.54) is 17.0 Å². The van der Waals surface area contributed by atoms with Gasteiger partial charge in [0.05, 0.1) is 5.56 Å². The lowest BCUT2D eigenvalue weighted by Crippen LogP contribution is -2.43. The molecule has 2 heterocycles. The number of hydrogen-bond donors (Lipinski definition) is 1. The van der Waals surface area contributed by atoms with Gasteiger partial charge in [-0.1, -0.05) is 5.16 Å². The number of halogens is 3. The number of carbonyl (C=O) groups is 2. The molecule has 1 saturated heterocycles. The molecule has 1 fully saturated rings. The predicted octanol–water partition coefficient (Wildman–Crippen LogP) is 3.42. The summed E-state index contributed by atoms with van der Waals surface area (Å²) in [5.74, 6) is -0.0802. The highest BCUT2D eigenvalue weighted by atomic mass is 19.4. The van der Waals surface area contributed by atoms with Crippen molar-refractivity contribution in [2.45, 2.75) is 31.7 Å². The predicted molar refractivity (Wildman–Crippen MR) is 109 cm³/mol. The quantitative estimate of drug-likeness (QED) is 0.603. The molecule has 172 valence electrons. The highest BCUT2D eigenvalue weighted by Crippen LogP contribution is 2.30. The summed E-state index contributed by atoms with van der Waals surface area (Å²) in [6, 6.07) is 10.1. The smallest absolute Gasteiger partial charge is 0.416 e. The second-order valence-corrected chi connectivity index (χ2v) is 7.46. The molecule has 8 nitrogen and oxygen atoms in total. The summed E-state index contributed by atoms with van der Waals surface area (Å²) in [6.45, 7) is 0.428. The third-order valence-electron chi connectivity index (χ3n) is 5.24. The number of rotatable bonds is 6. The number of amides is 2. The van der Waals surface area contributed by atoms with Crippen molar-refractivity contribution in [1.29, 1.82) is 0 Å². The average molecular weight is 460 g/mol. The van der Waals surface area contributed by atoms with Crippen molar-refractivity contribution in [3.05, 3.63) is 65.5 Å². The Kier molecular flexibility index (Phi) is 6.03. The van der Waals surface area contributed by atoms with Gasteiger partial charge < -0.3 is 19.9 Å². The van der Waals surface area contributed by atoms with Gasteiger partial charge in [0, 0.05) is 17.7 Å². The van der Waals surface area contributed by atoms with Crippen molar-refractivity contribution in [3.63, 3.8) is 0 Å². The normalized spacial score (nSPS) is 16.1. The van der Waals surface area contributed by atoms with E-state index in [-0.39, 0.29) is 24.2 Å². The molecule has 0 aliphatic carbocycles. The second-order valence-electron chi connectivity index (χ2n) is 7.46. The number of carbonyl (C=O) groups excluding carboxylic acids is 2. The Balaban J connectivity index is 1.36. The minimum Gasteiger partial charge on any atom is -0.485 e. The van der Waals surface area contributed by atoms with Crippen molar-refractivity contribution in [3.8, 4) is 17.2 Å². The van der Waals surface area contributed by atoms with E-state index in [0.29, 0.717) is 29.8 Å². The van der Waals surface area contributed by atoms with Gasteiger partial charge in [0.2, 0.25) is 11.7 Å². The van der Waals surface area contributed by atoms with Crippen molar-refractivity contribution in [1.82, 2.24) is 15.0 Å². The summed E-state index contributed by atoms with van der Waals surface area (Å²) in [5.41, 5.74) is 5.35. The first kappa shape index (κ1) is 22.3. The maximum absolute atomic E-state index is 12.7. The molecular formula is C22H19F3N4O4. The first-order valence-corrected chi connectivity index (χ1v) is 10.1. The molecule has 0 radical (unpaired) electrons. The number of hydrogen-bond acceptors (Lipinski definition) is 6. The SMILES string of the molecule is NC(=O)[C@@H]1CCCN1C(=O)c1ccc(OCc2noc(-c3ccc(C(F)(F)F)cc3)n2)cc1. The van der Waals surface area contributed by atoms with Crippen LogP contribution in [0.1, 0.15) is 34.6 Å². The van der Waals surface area contributed by atoms with E-state index in [1.807, 2.05) is 0 Å². The summed E-state index contributed by atoms with van der Waals surface area (Å²) in [7, 11) is 0. The van der Waals surface area contributed by atoms with Crippen molar-refractivity contribution in [2.75, 3.05) is 6.54 Å². The Morgan fingerprint density at radius 2 is 1.82 bits per heavy atom. The van der Waals surface area contributed by atoms with Crippen LogP contribution in [0.4, 0.5) is 13.2 Å². The zero-order valence-electron chi connectivity index (χ0n) is 17.2. The summed E-state index contributed by atoms with van der Waals surface area (Å²) >= 11 is 0. The highest BCUT2D eigenvalue weighted by molar-refractivity contribution is 5.97.